The summed E-state index contributed by atoms with van der Waals surface area (Å²) < 4.78 is 0. The van der Waals surface area contributed by atoms with Crippen LogP contribution in [0.1, 0.15) is 33.6 Å². The van der Waals surface area contributed by atoms with E-state index in [2.05, 4.69) is 31.0 Å². The lowest BCUT2D eigenvalue weighted by atomic mass is 10.2. The molecule has 0 saturated carbocycles. The van der Waals surface area contributed by atoms with Crippen molar-refractivity contribution in [2.45, 2.75) is 45.8 Å². The Kier molecular flexibility index (Phi) is 6.84. The Morgan fingerprint density at radius 1 is 1.42 bits per heavy atom. The normalized spacial score (nSPS) is 12.4. The van der Waals surface area contributed by atoms with E-state index in [4.69, 9.17) is 0 Å². The molecule has 0 fully saturated rings. The van der Waals surface area contributed by atoms with E-state index in [0.29, 0.717) is 12.6 Å². The average Bonchev–Trinajstić information content (AvgIpc) is 2.01. The lowest BCUT2D eigenvalue weighted by Crippen LogP contribution is -2.31. The van der Waals surface area contributed by atoms with Crippen molar-refractivity contribution in [3.05, 3.63) is 0 Å². The van der Waals surface area contributed by atoms with Crippen molar-refractivity contribution in [2.75, 3.05) is 6.54 Å². The standard InChI is InChI=1S/C10H19NO/c1-4-5-6-7-10(12)8-11-9(2)3/h9-12H,6-8H2,1-3H3. The first-order chi connectivity index (χ1) is 5.66. The molecule has 0 aromatic heterocycles. The van der Waals surface area contributed by atoms with Crippen molar-refractivity contribution in [3.8, 4) is 11.8 Å². The molecule has 1 atom stereocenters. The van der Waals surface area contributed by atoms with Gasteiger partial charge in [-0.1, -0.05) is 13.8 Å². The molecular weight excluding hydrogens is 150 g/mol. The Hall–Kier alpha value is -0.520. The van der Waals surface area contributed by atoms with Gasteiger partial charge in [-0.25, -0.2) is 0 Å². The lowest BCUT2D eigenvalue weighted by Gasteiger charge is -2.12. The van der Waals surface area contributed by atoms with Crippen molar-refractivity contribution in [1.82, 2.24) is 5.32 Å². The van der Waals surface area contributed by atoms with Gasteiger partial charge in [0.2, 0.25) is 0 Å². The first-order valence-electron chi connectivity index (χ1n) is 4.48. The van der Waals surface area contributed by atoms with E-state index < -0.39 is 0 Å². The van der Waals surface area contributed by atoms with Crippen molar-refractivity contribution < 1.29 is 5.11 Å². The summed E-state index contributed by atoms with van der Waals surface area (Å²) in [6.45, 7) is 6.62. The molecule has 0 aromatic carbocycles. The largest absolute Gasteiger partial charge is 0.392 e. The molecule has 12 heavy (non-hydrogen) atoms. The molecule has 2 N–H and O–H groups in total. The van der Waals surface area contributed by atoms with E-state index in [0.717, 1.165) is 12.8 Å². The fraction of sp³-hybridized carbons (Fsp3) is 0.800. The summed E-state index contributed by atoms with van der Waals surface area (Å²) in [5, 5.41) is 12.6. The van der Waals surface area contributed by atoms with Gasteiger partial charge in [-0.3, -0.25) is 0 Å². The summed E-state index contributed by atoms with van der Waals surface area (Å²) in [5.41, 5.74) is 0. The third kappa shape index (κ3) is 7.59. The summed E-state index contributed by atoms with van der Waals surface area (Å²) in [6, 6.07) is 0.442. The maximum atomic E-state index is 9.39. The monoisotopic (exact) mass is 169 g/mol. The van der Waals surface area contributed by atoms with Gasteiger partial charge in [-0.2, -0.15) is 0 Å². The number of hydrogen-bond acceptors (Lipinski definition) is 2. The Morgan fingerprint density at radius 2 is 2.08 bits per heavy atom. The van der Waals surface area contributed by atoms with Crippen LogP contribution in [0.5, 0.6) is 0 Å². The minimum atomic E-state index is -0.256. The van der Waals surface area contributed by atoms with Crippen molar-refractivity contribution in [1.29, 1.82) is 0 Å². The van der Waals surface area contributed by atoms with Gasteiger partial charge >= 0.3 is 0 Å². The van der Waals surface area contributed by atoms with Gasteiger partial charge in [0.15, 0.2) is 0 Å². The molecule has 0 aliphatic carbocycles. The minimum absolute atomic E-state index is 0.256. The van der Waals surface area contributed by atoms with Gasteiger partial charge in [0.05, 0.1) is 6.10 Å². The van der Waals surface area contributed by atoms with Crippen LogP contribution >= 0.6 is 0 Å². The molecule has 0 saturated heterocycles. The molecule has 0 rings (SSSR count). The second-order valence-electron chi connectivity index (χ2n) is 3.18. The number of rotatable bonds is 5. The summed E-state index contributed by atoms with van der Waals surface area (Å²) >= 11 is 0. The van der Waals surface area contributed by atoms with E-state index in [1.165, 1.54) is 0 Å². The average molecular weight is 169 g/mol. The molecule has 0 radical (unpaired) electrons. The van der Waals surface area contributed by atoms with E-state index in [9.17, 15) is 5.11 Å². The van der Waals surface area contributed by atoms with Crippen LogP contribution in [-0.4, -0.2) is 23.8 Å². The van der Waals surface area contributed by atoms with Gasteiger partial charge in [-0.05, 0) is 13.3 Å². The van der Waals surface area contributed by atoms with Crippen molar-refractivity contribution >= 4 is 0 Å². The van der Waals surface area contributed by atoms with E-state index in [1.54, 1.807) is 0 Å². The lowest BCUT2D eigenvalue weighted by molar-refractivity contribution is 0.160. The smallest absolute Gasteiger partial charge is 0.0673 e. The Morgan fingerprint density at radius 3 is 2.58 bits per heavy atom. The zero-order valence-electron chi connectivity index (χ0n) is 8.22. The van der Waals surface area contributed by atoms with E-state index in [-0.39, 0.29) is 6.10 Å². The first kappa shape index (κ1) is 11.5. The SMILES string of the molecule is CC#CCCC(O)CNC(C)C. The Balaban J connectivity index is 3.31. The van der Waals surface area contributed by atoms with Crippen LogP contribution in [0.4, 0.5) is 0 Å². The van der Waals surface area contributed by atoms with Crippen LogP contribution in [-0.2, 0) is 0 Å². The minimum Gasteiger partial charge on any atom is -0.392 e. The number of aliphatic hydroxyl groups is 1. The van der Waals surface area contributed by atoms with Gasteiger partial charge < -0.3 is 10.4 Å². The number of nitrogens with one attached hydrogen (secondary N) is 1. The topological polar surface area (TPSA) is 32.3 Å². The quantitative estimate of drug-likeness (QED) is 0.605. The fourth-order valence-corrected chi connectivity index (χ4v) is 0.838. The molecular formula is C10H19NO. The predicted octanol–water partition coefficient (Wildman–Crippen LogP) is 1.15. The third-order valence-corrected chi connectivity index (χ3v) is 1.54. The molecule has 0 amide bonds. The van der Waals surface area contributed by atoms with Crippen LogP contribution in [0.25, 0.3) is 0 Å². The van der Waals surface area contributed by atoms with E-state index in [1.807, 2.05) is 6.92 Å². The highest BCUT2D eigenvalue weighted by molar-refractivity contribution is 4.95. The van der Waals surface area contributed by atoms with E-state index >= 15 is 0 Å². The van der Waals surface area contributed by atoms with Crippen LogP contribution in [0.2, 0.25) is 0 Å². The van der Waals surface area contributed by atoms with Gasteiger partial charge in [-0.15, -0.1) is 11.8 Å². The van der Waals surface area contributed by atoms with Gasteiger partial charge in [0, 0.05) is 19.0 Å². The fourth-order valence-electron chi connectivity index (χ4n) is 0.838. The maximum Gasteiger partial charge on any atom is 0.0673 e. The number of hydrogen-bond donors (Lipinski definition) is 2. The summed E-state index contributed by atoms with van der Waals surface area (Å²) in [4.78, 5) is 0. The molecule has 2 heteroatoms. The Labute approximate surface area is 75.4 Å². The van der Waals surface area contributed by atoms with Crippen LogP contribution in [0.3, 0.4) is 0 Å². The molecule has 0 aliphatic rings. The molecule has 70 valence electrons. The highest BCUT2D eigenvalue weighted by Gasteiger charge is 2.02. The first-order valence-corrected chi connectivity index (χ1v) is 4.48. The zero-order valence-corrected chi connectivity index (χ0v) is 8.22. The summed E-state index contributed by atoms with van der Waals surface area (Å²) in [5.74, 6) is 5.74. The molecule has 1 unspecified atom stereocenters. The summed E-state index contributed by atoms with van der Waals surface area (Å²) in [6.07, 6.45) is 1.30. The molecule has 0 heterocycles. The number of aliphatic hydroxyl groups excluding tert-OH is 1. The second-order valence-corrected chi connectivity index (χ2v) is 3.18. The molecule has 0 aromatic rings. The molecule has 2 nitrogen and oxygen atoms in total. The second kappa shape index (κ2) is 7.15. The van der Waals surface area contributed by atoms with Gasteiger partial charge in [0.25, 0.3) is 0 Å². The summed E-state index contributed by atoms with van der Waals surface area (Å²) in [7, 11) is 0. The predicted molar refractivity (Wildman–Crippen MR) is 51.8 cm³/mol. The highest BCUT2D eigenvalue weighted by Crippen LogP contribution is 1.94. The van der Waals surface area contributed by atoms with Crippen molar-refractivity contribution in [3.63, 3.8) is 0 Å². The molecule has 0 aliphatic heterocycles. The van der Waals surface area contributed by atoms with Crippen molar-refractivity contribution in [2.24, 2.45) is 0 Å². The third-order valence-electron chi connectivity index (χ3n) is 1.54. The molecule has 0 spiro atoms. The highest BCUT2D eigenvalue weighted by atomic mass is 16.3. The zero-order chi connectivity index (χ0) is 9.40. The van der Waals surface area contributed by atoms with Crippen LogP contribution in [0, 0.1) is 11.8 Å². The Bertz CT molecular complexity index is 155. The van der Waals surface area contributed by atoms with Crippen LogP contribution in [0.15, 0.2) is 0 Å². The molecule has 0 bridgehead atoms. The van der Waals surface area contributed by atoms with Crippen LogP contribution < -0.4 is 5.32 Å². The maximum absolute atomic E-state index is 9.39. The van der Waals surface area contributed by atoms with Gasteiger partial charge in [0.1, 0.15) is 0 Å².